The van der Waals surface area contributed by atoms with Crippen molar-refractivity contribution < 1.29 is 13.2 Å². The summed E-state index contributed by atoms with van der Waals surface area (Å²) < 4.78 is 27.5. The molecule has 0 spiro atoms. The van der Waals surface area contributed by atoms with Crippen LogP contribution in [0, 0.1) is 6.92 Å². The van der Waals surface area contributed by atoms with Gasteiger partial charge < -0.3 is 5.32 Å². The summed E-state index contributed by atoms with van der Waals surface area (Å²) in [6, 6.07) is 13.6. The normalized spacial score (nSPS) is 11.6. The molecule has 0 heterocycles. The van der Waals surface area contributed by atoms with Gasteiger partial charge in [0.15, 0.2) is 0 Å². The van der Waals surface area contributed by atoms with Crippen LogP contribution in [0.1, 0.15) is 37.3 Å². The van der Waals surface area contributed by atoms with Crippen LogP contribution in [0.25, 0.3) is 0 Å². The van der Waals surface area contributed by atoms with E-state index in [0.29, 0.717) is 17.1 Å². The first-order valence-electron chi connectivity index (χ1n) is 9.41. The summed E-state index contributed by atoms with van der Waals surface area (Å²) in [5, 5.41) is 3.27. The van der Waals surface area contributed by atoms with Gasteiger partial charge in [0.1, 0.15) is 0 Å². The van der Waals surface area contributed by atoms with E-state index in [2.05, 4.69) is 12.2 Å². The zero-order valence-electron chi connectivity index (χ0n) is 16.3. The molecule has 2 aromatic rings. The first-order valence-corrected chi connectivity index (χ1v) is 11.2. The minimum atomic E-state index is -3.85. The molecular formula is C21H27ClN2O3S. The highest BCUT2D eigenvalue weighted by molar-refractivity contribution is 7.89. The van der Waals surface area contributed by atoms with Gasteiger partial charge in [0.25, 0.3) is 0 Å². The maximum atomic E-state index is 13.2. The standard InChI is InChI=1S/C21H27ClN2O3S/c1-3-4-7-14-23-21(25)16-24(15-18-8-5-6-9-20(18)22)28(26,27)19-12-10-17(2)11-13-19/h5-6,8-13H,3-4,7,14-16H2,1-2H3,(H,23,25). The summed E-state index contributed by atoms with van der Waals surface area (Å²) >= 11 is 6.22. The molecule has 2 rings (SSSR count). The van der Waals surface area contributed by atoms with Crippen LogP contribution in [-0.4, -0.2) is 31.7 Å². The SMILES string of the molecule is CCCCCNC(=O)CN(Cc1ccccc1Cl)S(=O)(=O)c1ccc(C)cc1. The highest BCUT2D eigenvalue weighted by Crippen LogP contribution is 2.22. The van der Waals surface area contributed by atoms with Crippen LogP contribution in [0.5, 0.6) is 0 Å². The number of hydrogen-bond donors (Lipinski definition) is 1. The zero-order chi connectivity index (χ0) is 20.6. The molecular weight excluding hydrogens is 396 g/mol. The Balaban J connectivity index is 2.23. The second-order valence-electron chi connectivity index (χ2n) is 6.73. The van der Waals surface area contributed by atoms with Crippen molar-refractivity contribution in [1.82, 2.24) is 9.62 Å². The molecule has 7 heteroatoms. The monoisotopic (exact) mass is 422 g/mol. The zero-order valence-corrected chi connectivity index (χ0v) is 17.9. The van der Waals surface area contributed by atoms with Crippen molar-refractivity contribution in [3.05, 3.63) is 64.7 Å². The van der Waals surface area contributed by atoms with E-state index in [9.17, 15) is 13.2 Å². The number of nitrogens with zero attached hydrogens (tertiary/aromatic N) is 1. The van der Waals surface area contributed by atoms with Crippen LogP contribution < -0.4 is 5.32 Å². The lowest BCUT2D eigenvalue weighted by atomic mass is 10.2. The maximum absolute atomic E-state index is 13.2. The molecule has 0 bridgehead atoms. The Kier molecular flexibility index (Phi) is 8.48. The van der Waals surface area contributed by atoms with Crippen molar-refractivity contribution in [2.45, 2.75) is 44.6 Å². The number of unbranched alkanes of at least 4 members (excludes halogenated alkanes) is 2. The van der Waals surface area contributed by atoms with Crippen molar-refractivity contribution in [3.8, 4) is 0 Å². The summed E-state index contributed by atoms with van der Waals surface area (Å²) in [6.07, 6.45) is 2.94. The first-order chi connectivity index (χ1) is 13.3. The van der Waals surface area contributed by atoms with Gasteiger partial charge in [-0.15, -0.1) is 0 Å². The fourth-order valence-electron chi connectivity index (χ4n) is 2.72. The number of sulfonamides is 1. The third-order valence-electron chi connectivity index (χ3n) is 4.39. The van der Waals surface area contributed by atoms with Gasteiger partial charge >= 0.3 is 0 Å². The molecule has 0 fully saturated rings. The van der Waals surface area contributed by atoms with Gasteiger partial charge in [0.2, 0.25) is 15.9 Å². The number of aryl methyl sites for hydroxylation is 1. The van der Waals surface area contributed by atoms with Crippen molar-refractivity contribution >= 4 is 27.5 Å². The van der Waals surface area contributed by atoms with Gasteiger partial charge in [-0.1, -0.05) is 67.3 Å². The van der Waals surface area contributed by atoms with Gasteiger partial charge in [0, 0.05) is 18.1 Å². The van der Waals surface area contributed by atoms with Gasteiger partial charge in [-0.2, -0.15) is 4.31 Å². The lowest BCUT2D eigenvalue weighted by molar-refractivity contribution is -0.121. The van der Waals surface area contributed by atoms with Crippen LogP contribution in [0.15, 0.2) is 53.4 Å². The van der Waals surface area contributed by atoms with Crippen molar-refractivity contribution in [2.75, 3.05) is 13.1 Å². The Hall–Kier alpha value is -1.89. The molecule has 0 aromatic heterocycles. The average Bonchev–Trinajstić information content (AvgIpc) is 2.66. The smallest absolute Gasteiger partial charge is 0.243 e. The van der Waals surface area contributed by atoms with E-state index in [1.54, 1.807) is 48.5 Å². The van der Waals surface area contributed by atoms with E-state index in [0.717, 1.165) is 24.8 Å². The maximum Gasteiger partial charge on any atom is 0.243 e. The highest BCUT2D eigenvalue weighted by atomic mass is 35.5. The predicted molar refractivity (Wildman–Crippen MR) is 113 cm³/mol. The molecule has 0 atom stereocenters. The van der Waals surface area contributed by atoms with E-state index < -0.39 is 10.0 Å². The van der Waals surface area contributed by atoms with Gasteiger partial charge in [-0.25, -0.2) is 8.42 Å². The Morgan fingerprint density at radius 1 is 1.07 bits per heavy atom. The molecule has 0 aliphatic rings. The van der Waals surface area contributed by atoms with E-state index >= 15 is 0 Å². The van der Waals surface area contributed by atoms with Crippen LogP contribution in [0.2, 0.25) is 5.02 Å². The highest BCUT2D eigenvalue weighted by Gasteiger charge is 2.27. The Labute approximate surface area is 172 Å². The van der Waals surface area contributed by atoms with Gasteiger partial charge in [-0.3, -0.25) is 4.79 Å². The molecule has 0 aliphatic heterocycles. The average molecular weight is 423 g/mol. The number of carbonyl (C=O) groups is 1. The molecule has 0 aliphatic carbocycles. The van der Waals surface area contributed by atoms with E-state index in [1.807, 2.05) is 6.92 Å². The largest absolute Gasteiger partial charge is 0.355 e. The molecule has 2 aromatic carbocycles. The molecule has 28 heavy (non-hydrogen) atoms. The minimum Gasteiger partial charge on any atom is -0.355 e. The molecule has 0 unspecified atom stereocenters. The van der Waals surface area contributed by atoms with E-state index in [1.165, 1.54) is 4.31 Å². The number of carbonyl (C=O) groups excluding carboxylic acids is 1. The van der Waals surface area contributed by atoms with Crippen LogP contribution >= 0.6 is 11.6 Å². The molecule has 1 amide bonds. The third-order valence-corrected chi connectivity index (χ3v) is 6.56. The minimum absolute atomic E-state index is 0.0261. The molecule has 0 saturated carbocycles. The lowest BCUT2D eigenvalue weighted by Crippen LogP contribution is -2.40. The van der Waals surface area contributed by atoms with E-state index in [-0.39, 0.29) is 23.9 Å². The summed E-state index contributed by atoms with van der Waals surface area (Å²) in [7, 11) is -3.85. The van der Waals surface area contributed by atoms with Crippen molar-refractivity contribution in [2.24, 2.45) is 0 Å². The topological polar surface area (TPSA) is 66.5 Å². The second kappa shape index (κ2) is 10.6. The number of amides is 1. The third kappa shape index (κ3) is 6.33. The Morgan fingerprint density at radius 3 is 2.39 bits per heavy atom. The summed E-state index contributed by atoms with van der Waals surface area (Å²) in [5.41, 5.74) is 1.61. The molecule has 1 N–H and O–H groups in total. The van der Waals surface area contributed by atoms with Crippen molar-refractivity contribution in [3.63, 3.8) is 0 Å². The number of rotatable bonds is 10. The number of benzene rings is 2. The van der Waals surface area contributed by atoms with Gasteiger partial charge in [0.05, 0.1) is 11.4 Å². The molecule has 0 saturated heterocycles. The van der Waals surface area contributed by atoms with Gasteiger partial charge in [-0.05, 0) is 37.1 Å². The Morgan fingerprint density at radius 2 is 1.75 bits per heavy atom. The first kappa shape index (κ1) is 22.4. The van der Waals surface area contributed by atoms with Crippen molar-refractivity contribution in [1.29, 1.82) is 0 Å². The predicted octanol–water partition coefficient (Wildman–Crippen LogP) is 4.15. The number of halogens is 1. The molecule has 152 valence electrons. The molecule has 5 nitrogen and oxygen atoms in total. The summed E-state index contributed by atoms with van der Waals surface area (Å²) in [4.78, 5) is 12.5. The second-order valence-corrected chi connectivity index (χ2v) is 9.08. The number of hydrogen-bond acceptors (Lipinski definition) is 3. The van der Waals surface area contributed by atoms with E-state index in [4.69, 9.17) is 11.6 Å². The van der Waals surface area contributed by atoms with Crippen LogP contribution in [0.3, 0.4) is 0 Å². The lowest BCUT2D eigenvalue weighted by Gasteiger charge is -2.22. The van der Waals surface area contributed by atoms with Crippen LogP contribution in [0.4, 0.5) is 0 Å². The Bertz CT molecular complexity index is 883. The fourth-order valence-corrected chi connectivity index (χ4v) is 4.29. The molecule has 0 radical (unpaired) electrons. The fraction of sp³-hybridized carbons (Fsp3) is 0.381. The number of nitrogens with one attached hydrogen (secondary N) is 1. The summed E-state index contributed by atoms with van der Waals surface area (Å²) in [6.45, 7) is 4.28. The summed E-state index contributed by atoms with van der Waals surface area (Å²) in [5.74, 6) is -0.321. The quantitative estimate of drug-likeness (QED) is 0.585. The van der Waals surface area contributed by atoms with Crippen LogP contribution in [-0.2, 0) is 21.4 Å².